The van der Waals surface area contributed by atoms with Gasteiger partial charge in [0.05, 0.1) is 12.1 Å². The van der Waals surface area contributed by atoms with E-state index >= 15 is 0 Å². The first-order chi connectivity index (χ1) is 9.40. The number of rotatable bonds is 2. The van der Waals surface area contributed by atoms with Gasteiger partial charge in [0.2, 0.25) is 0 Å². The number of hydrogen-bond donors (Lipinski definition) is 1. The number of aromatic nitrogens is 1. The van der Waals surface area contributed by atoms with Crippen LogP contribution < -0.4 is 10.2 Å². The molecular weight excluding hydrogens is 266 g/mol. The van der Waals surface area contributed by atoms with Gasteiger partial charge in [-0.1, -0.05) is 31.6 Å². The Labute approximate surface area is 120 Å². The SMILES string of the molecule is CCOc1cc(=O)c2cccc(C#C[Si](C)(C)C)c2[nH]1. The minimum Gasteiger partial charge on any atom is -0.479 e. The van der Waals surface area contributed by atoms with Crippen LogP contribution in [0.2, 0.25) is 19.6 Å². The molecule has 3 nitrogen and oxygen atoms in total. The first-order valence-corrected chi connectivity index (χ1v) is 10.2. The highest BCUT2D eigenvalue weighted by atomic mass is 28.3. The second-order valence-electron chi connectivity index (χ2n) is 5.66. The maximum absolute atomic E-state index is 12.1. The van der Waals surface area contributed by atoms with Gasteiger partial charge in [0.1, 0.15) is 8.07 Å². The third kappa shape index (κ3) is 3.31. The van der Waals surface area contributed by atoms with Crippen molar-refractivity contribution in [2.75, 3.05) is 6.61 Å². The zero-order chi connectivity index (χ0) is 14.8. The Kier molecular flexibility index (Phi) is 4.00. The molecule has 0 saturated heterocycles. The third-order valence-corrected chi connectivity index (χ3v) is 3.59. The minimum absolute atomic E-state index is 0.0427. The summed E-state index contributed by atoms with van der Waals surface area (Å²) >= 11 is 0. The first kappa shape index (κ1) is 14.4. The summed E-state index contributed by atoms with van der Waals surface area (Å²) in [6.07, 6.45) is 0. The molecule has 1 aromatic carbocycles. The van der Waals surface area contributed by atoms with Crippen molar-refractivity contribution in [1.29, 1.82) is 0 Å². The molecular formula is C16H19NO2Si. The monoisotopic (exact) mass is 285 g/mol. The van der Waals surface area contributed by atoms with Crippen molar-refractivity contribution < 1.29 is 4.74 Å². The first-order valence-electron chi connectivity index (χ1n) is 6.73. The Morgan fingerprint density at radius 3 is 2.70 bits per heavy atom. The van der Waals surface area contributed by atoms with Crippen LogP contribution in [0.3, 0.4) is 0 Å². The van der Waals surface area contributed by atoms with Crippen molar-refractivity contribution in [3.05, 3.63) is 40.1 Å². The van der Waals surface area contributed by atoms with Gasteiger partial charge in [0.15, 0.2) is 11.3 Å². The molecule has 0 atom stereocenters. The number of fused-ring (bicyclic) bond motifs is 1. The van der Waals surface area contributed by atoms with Crippen LogP contribution in [0, 0.1) is 11.5 Å². The maximum Gasteiger partial charge on any atom is 0.195 e. The van der Waals surface area contributed by atoms with Crippen LogP contribution >= 0.6 is 0 Å². The van der Waals surface area contributed by atoms with Gasteiger partial charge in [-0.25, -0.2) is 0 Å². The van der Waals surface area contributed by atoms with Crippen LogP contribution in [0.1, 0.15) is 12.5 Å². The Balaban J connectivity index is 2.66. The zero-order valence-corrected chi connectivity index (χ0v) is 13.3. The lowest BCUT2D eigenvalue weighted by molar-refractivity contribution is 0.328. The van der Waals surface area contributed by atoms with Crippen molar-refractivity contribution in [3.8, 4) is 17.3 Å². The molecule has 0 bridgehead atoms. The van der Waals surface area contributed by atoms with Gasteiger partial charge in [0, 0.05) is 17.0 Å². The average Bonchev–Trinajstić information content (AvgIpc) is 2.36. The molecule has 0 spiro atoms. The Bertz CT molecular complexity index is 745. The molecule has 1 heterocycles. The molecule has 0 saturated carbocycles. The molecule has 0 aliphatic rings. The predicted molar refractivity (Wildman–Crippen MR) is 86.0 cm³/mol. The summed E-state index contributed by atoms with van der Waals surface area (Å²) in [6.45, 7) is 8.99. The fraction of sp³-hybridized carbons (Fsp3) is 0.312. The fourth-order valence-electron chi connectivity index (χ4n) is 1.84. The van der Waals surface area contributed by atoms with E-state index in [0.717, 1.165) is 11.1 Å². The van der Waals surface area contributed by atoms with Crippen LogP contribution in [-0.2, 0) is 0 Å². The van der Waals surface area contributed by atoms with Crippen LogP contribution in [0.5, 0.6) is 5.88 Å². The summed E-state index contributed by atoms with van der Waals surface area (Å²) in [5, 5.41) is 0.649. The number of ether oxygens (including phenoxy) is 1. The van der Waals surface area contributed by atoms with E-state index in [4.69, 9.17) is 4.74 Å². The molecule has 104 valence electrons. The molecule has 2 aromatic rings. The second kappa shape index (κ2) is 5.56. The number of benzene rings is 1. The van der Waals surface area contributed by atoms with E-state index in [1.165, 1.54) is 6.07 Å². The fourth-order valence-corrected chi connectivity index (χ4v) is 2.35. The molecule has 0 aliphatic carbocycles. The number of hydrogen-bond acceptors (Lipinski definition) is 2. The molecule has 0 aliphatic heterocycles. The molecule has 0 unspecified atom stereocenters. The summed E-state index contributed by atoms with van der Waals surface area (Å²) in [7, 11) is -1.45. The maximum atomic E-state index is 12.1. The Hall–Kier alpha value is -1.99. The van der Waals surface area contributed by atoms with Gasteiger partial charge in [-0.3, -0.25) is 4.79 Å². The molecule has 0 radical (unpaired) electrons. The van der Waals surface area contributed by atoms with Crippen LogP contribution in [0.15, 0.2) is 29.1 Å². The summed E-state index contributed by atoms with van der Waals surface area (Å²) < 4.78 is 5.40. The average molecular weight is 285 g/mol. The van der Waals surface area contributed by atoms with Crippen LogP contribution in [0.25, 0.3) is 10.9 Å². The van der Waals surface area contributed by atoms with Gasteiger partial charge in [-0.15, -0.1) is 5.54 Å². The van der Waals surface area contributed by atoms with Crippen molar-refractivity contribution in [2.24, 2.45) is 0 Å². The van der Waals surface area contributed by atoms with E-state index in [1.54, 1.807) is 0 Å². The summed E-state index contributed by atoms with van der Waals surface area (Å²) in [4.78, 5) is 15.3. The number of aromatic amines is 1. The van der Waals surface area contributed by atoms with Gasteiger partial charge in [-0.05, 0) is 19.1 Å². The van der Waals surface area contributed by atoms with Crippen molar-refractivity contribution in [1.82, 2.24) is 4.98 Å². The molecule has 0 fully saturated rings. The summed E-state index contributed by atoms with van der Waals surface area (Å²) in [6, 6.07) is 7.10. The number of H-pyrrole nitrogens is 1. The predicted octanol–water partition coefficient (Wildman–Crippen LogP) is 3.16. The van der Waals surface area contributed by atoms with E-state index in [1.807, 2.05) is 25.1 Å². The van der Waals surface area contributed by atoms with Crippen LogP contribution in [-0.4, -0.2) is 19.7 Å². The number of pyridine rings is 1. The zero-order valence-electron chi connectivity index (χ0n) is 12.3. The van der Waals surface area contributed by atoms with Crippen molar-refractivity contribution >= 4 is 19.0 Å². The molecule has 20 heavy (non-hydrogen) atoms. The lowest BCUT2D eigenvalue weighted by atomic mass is 10.1. The molecule has 2 rings (SSSR count). The smallest absolute Gasteiger partial charge is 0.195 e. The summed E-state index contributed by atoms with van der Waals surface area (Å²) in [5.74, 6) is 3.70. The van der Waals surface area contributed by atoms with E-state index in [-0.39, 0.29) is 5.43 Å². The third-order valence-electron chi connectivity index (χ3n) is 2.71. The van der Waals surface area contributed by atoms with E-state index in [2.05, 4.69) is 36.1 Å². The largest absolute Gasteiger partial charge is 0.479 e. The quantitative estimate of drug-likeness (QED) is 0.680. The van der Waals surface area contributed by atoms with Crippen LogP contribution in [0.4, 0.5) is 0 Å². The lowest BCUT2D eigenvalue weighted by Gasteiger charge is -2.07. The summed E-state index contributed by atoms with van der Waals surface area (Å²) in [5.41, 5.74) is 4.89. The van der Waals surface area contributed by atoms with E-state index in [0.29, 0.717) is 17.9 Å². The minimum atomic E-state index is -1.45. The van der Waals surface area contributed by atoms with Crippen molar-refractivity contribution in [3.63, 3.8) is 0 Å². The Morgan fingerprint density at radius 2 is 2.05 bits per heavy atom. The number of para-hydroxylation sites is 1. The highest BCUT2D eigenvalue weighted by Crippen LogP contribution is 2.16. The van der Waals surface area contributed by atoms with Gasteiger partial charge in [0.25, 0.3) is 0 Å². The topological polar surface area (TPSA) is 42.1 Å². The Morgan fingerprint density at radius 1 is 1.30 bits per heavy atom. The standard InChI is InChI=1S/C16H19NO2Si/c1-5-19-15-11-14(18)13-8-6-7-12(16(13)17-15)9-10-20(2,3)4/h6-8,11H,5H2,1-4H3,(H,17,18). The molecule has 4 heteroatoms. The van der Waals surface area contributed by atoms with E-state index < -0.39 is 8.07 Å². The highest BCUT2D eigenvalue weighted by molar-refractivity contribution is 6.83. The van der Waals surface area contributed by atoms with E-state index in [9.17, 15) is 4.79 Å². The lowest BCUT2D eigenvalue weighted by Crippen LogP contribution is -2.16. The molecule has 1 N–H and O–H groups in total. The van der Waals surface area contributed by atoms with Gasteiger partial charge in [-0.2, -0.15) is 0 Å². The van der Waals surface area contributed by atoms with Gasteiger partial charge >= 0.3 is 0 Å². The molecule has 0 amide bonds. The molecule has 1 aromatic heterocycles. The number of nitrogens with one attached hydrogen (secondary N) is 1. The van der Waals surface area contributed by atoms with Gasteiger partial charge < -0.3 is 9.72 Å². The highest BCUT2D eigenvalue weighted by Gasteiger charge is 2.09. The normalized spacial score (nSPS) is 11.0. The van der Waals surface area contributed by atoms with Crippen molar-refractivity contribution in [2.45, 2.75) is 26.6 Å². The second-order valence-corrected chi connectivity index (χ2v) is 10.4.